The van der Waals surface area contributed by atoms with Gasteiger partial charge in [-0.2, -0.15) is 0 Å². The Kier molecular flexibility index (Phi) is 5.01. The minimum absolute atomic E-state index is 0.0299. The highest BCUT2D eigenvalue weighted by atomic mass is 19.2. The molecule has 2 aromatic rings. The second-order valence-corrected chi connectivity index (χ2v) is 6.33. The molecular weight excluding hydrogens is 367 g/mol. The third kappa shape index (κ3) is 3.09. The lowest BCUT2D eigenvalue weighted by molar-refractivity contribution is 0.143. The minimum atomic E-state index is -1.79. The number of halogens is 3. The smallest absolute Gasteiger partial charge is 0.449 e. The van der Waals surface area contributed by atoms with Crippen molar-refractivity contribution in [3.63, 3.8) is 0 Å². The second kappa shape index (κ2) is 7.10. The van der Waals surface area contributed by atoms with Gasteiger partial charge in [0.2, 0.25) is 5.43 Å². The Morgan fingerprint density at radius 1 is 1.33 bits per heavy atom. The van der Waals surface area contributed by atoms with Crippen molar-refractivity contribution < 1.29 is 27.8 Å². The lowest BCUT2D eigenvalue weighted by atomic mass is 10.1. The average Bonchev–Trinajstić information content (AvgIpc) is 3.09. The van der Waals surface area contributed by atoms with E-state index in [1.165, 1.54) is 4.90 Å². The van der Waals surface area contributed by atoms with Crippen molar-refractivity contribution in [3.05, 3.63) is 33.9 Å². The van der Waals surface area contributed by atoms with Crippen molar-refractivity contribution in [3.8, 4) is 5.75 Å². The number of hydrogen-bond acceptors (Lipinski definition) is 5. The number of fused-ring (bicyclic) bond motifs is 1. The Hall–Kier alpha value is -2.75. The number of carboxylic acid groups (broad SMARTS) is 1. The molecule has 0 bridgehead atoms. The first-order chi connectivity index (χ1) is 12.8. The fraction of sp³-hybridized carbons (Fsp3) is 0.412. The van der Waals surface area contributed by atoms with Crippen LogP contribution in [0.15, 0.2) is 11.0 Å². The number of aromatic nitrogens is 1. The molecule has 0 amide bonds. The molecule has 3 rings (SSSR count). The molecule has 1 fully saturated rings. The summed E-state index contributed by atoms with van der Waals surface area (Å²) in [6, 6.07) is 0. The van der Waals surface area contributed by atoms with Crippen LogP contribution >= 0.6 is 0 Å². The van der Waals surface area contributed by atoms with Gasteiger partial charge in [-0.25, -0.2) is 18.0 Å². The summed E-state index contributed by atoms with van der Waals surface area (Å²) >= 11 is 0. The molecule has 0 radical (unpaired) electrons. The maximum absolute atomic E-state index is 15.2. The van der Waals surface area contributed by atoms with Crippen LogP contribution in [0, 0.1) is 23.4 Å². The number of carbonyl (C=O) groups is 1. The molecule has 27 heavy (non-hydrogen) atoms. The number of nitrogens with two attached hydrogens (primary N) is 1. The Balaban J connectivity index is 2.31. The zero-order valence-electron chi connectivity index (χ0n) is 14.5. The van der Waals surface area contributed by atoms with Gasteiger partial charge in [0, 0.05) is 19.6 Å². The zero-order chi connectivity index (χ0) is 19.9. The van der Waals surface area contributed by atoms with Gasteiger partial charge in [-0.1, -0.05) is 0 Å². The summed E-state index contributed by atoms with van der Waals surface area (Å²) in [5.74, 6) is -4.82. The monoisotopic (exact) mass is 385 g/mol. The third-order valence-corrected chi connectivity index (χ3v) is 4.76. The molecule has 1 aromatic heterocycles. The Morgan fingerprint density at radius 3 is 2.59 bits per heavy atom. The quantitative estimate of drug-likeness (QED) is 0.619. The average molecular weight is 385 g/mol. The molecule has 1 atom stereocenters. The maximum atomic E-state index is 15.2. The van der Waals surface area contributed by atoms with Crippen LogP contribution in [0.5, 0.6) is 5.75 Å². The SMILES string of the molecule is CCn1cc(OC(=O)O)c(=O)c2c(F)c(F)c(N3CCC(CN)C3)c(F)c21. The van der Waals surface area contributed by atoms with Gasteiger partial charge in [-0.15, -0.1) is 0 Å². The van der Waals surface area contributed by atoms with Gasteiger partial charge in [-0.3, -0.25) is 4.79 Å². The molecule has 1 aliphatic heterocycles. The van der Waals surface area contributed by atoms with Crippen LogP contribution in [0.2, 0.25) is 0 Å². The molecule has 146 valence electrons. The lowest BCUT2D eigenvalue weighted by Crippen LogP contribution is -2.26. The van der Waals surface area contributed by atoms with E-state index in [-0.39, 0.29) is 19.0 Å². The summed E-state index contributed by atoms with van der Waals surface area (Å²) in [6.45, 7) is 2.56. The molecular formula is C17H18F3N3O4. The van der Waals surface area contributed by atoms with Crippen LogP contribution in [-0.4, -0.2) is 35.5 Å². The van der Waals surface area contributed by atoms with Gasteiger partial charge in [0.05, 0.1) is 17.1 Å². The van der Waals surface area contributed by atoms with Crippen LogP contribution in [0.25, 0.3) is 10.9 Å². The zero-order valence-corrected chi connectivity index (χ0v) is 14.5. The number of nitrogens with zero attached hydrogens (tertiary/aromatic N) is 2. The van der Waals surface area contributed by atoms with Gasteiger partial charge in [0.15, 0.2) is 23.2 Å². The predicted molar refractivity (Wildman–Crippen MR) is 91.8 cm³/mol. The molecule has 7 nitrogen and oxygen atoms in total. The molecule has 2 heterocycles. The number of benzene rings is 1. The van der Waals surface area contributed by atoms with Gasteiger partial charge >= 0.3 is 6.16 Å². The van der Waals surface area contributed by atoms with Crippen LogP contribution in [0.1, 0.15) is 13.3 Å². The van der Waals surface area contributed by atoms with Gasteiger partial charge in [0.25, 0.3) is 0 Å². The van der Waals surface area contributed by atoms with Crippen molar-refractivity contribution in [1.82, 2.24) is 4.57 Å². The lowest BCUT2D eigenvalue weighted by Gasteiger charge is -2.22. The Labute approximate surface area is 151 Å². The first kappa shape index (κ1) is 19.0. The molecule has 1 saturated heterocycles. The molecule has 0 aliphatic carbocycles. The summed E-state index contributed by atoms with van der Waals surface area (Å²) in [5.41, 5.74) is 3.37. The van der Waals surface area contributed by atoms with E-state index < -0.39 is 51.4 Å². The molecule has 0 saturated carbocycles. The first-order valence-corrected chi connectivity index (χ1v) is 8.39. The molecule has 1 unspecified atom stereocenters. The van der Waals surface area contributed by atoms with Gasteiger partial charge < -0.3 is 25.0 Å². The standard InChI is InChI=1S/C17H18F3N3O4/c1-2-22-7-9(27-17(25)26)16(24)10-11(18)12(19)15(13(20)14(10)22)23-4-3-8(5-21)6-23/h7-8H,2-6,21H2,1H3,(H,25,26). The number of rotatable bonds is 4. The van der Waals surface area contributed by atoms with E-state index in [1.54, 1.807) is 6.92 Å². The largest absolute Gasteiger partial charge is 0.511 e. The highest BCUT2D eigenvalue weighted by Crippen LogP contribution is 2.35. The topological polar surface area (TPSA) is 97.8 Å². The van der Waals surface area contributed by atoms with E-state index >= 15 is 4.39 Å². The van der Waals surface area contributed by atoms with Crippen molar-refractivity contribution in [2.75, 3.05) is 24.5 Å². The molecule has 10 heteroatoms. The molecule has 1 aliphatic rings. The summed E-state index contributed by atoms with van der Waals surface area (Å²) in [4.78, 5) is 24.5. The summed E-state index contributed by atoms with van der Waals surface area (Å²) in [6.07, 6.45) is -0.214. The molecule has 1 aromatic carbocycles. The minimum Gasteiger partial charge on any atom is -0.449 e. The first-order valence-electron chi connectivity index (χ1n) is 8.39. The number of anilines is 1. The normalized spacial score (nSPS) is 16.9. The van der Waals surface area contributed by atoms with E-state index in [1.807, 2.05) is 0 Å². The van der Waals surface area contributed by atoms with E-state index in [4.69, 9.17) is 10.8 Å². The van der Waals surface area contributed by atoms with Crippen LogP contribution in [-0.2, 0) is 6.54 Å². The number of hydrogen-bond donors (Lipinski definition) is 2. The maximum Gasteiger partial charge on any atom is 0.511 e. The van der Waals surface area contributed by atoms with Crippen molar-refractivity contribution >= 4 is 22.7 Å². The van der Waals surface area contributed by atoms with Gasteiger partial charge in [-0.05, 0) is 25.8 Å². The molecule has 3 N–H and O–H groups in total. The van der Waals surface area contributed by atoms with E-state index in [0.717, 1.165) is 10.8 Å². The van der Waals surface area contributed by atoms with Crippen molar-refractivity contribution in [1.29, 1.82) is 0 Å². The molecule has 0 spiro atoms. The van der Waals surface area contributed by atoms with Gasteiger partial charge in [0.1, 0.15) is 5.69 Å². The number of ether oxygens (including phenoxy) is 1. The summed E-state index contributed by atoms with van der Waals surface area (Å²) < 4.78 is 50.1. The highest BCUT2D eigenvalue weighted by Gasteiger charge is 2.32. The highest BCUT2D eigenvalue weighted by molar-refractivity contribution is 5.86. The second-order valence-electron chi connectivity index (χ2n) is 6.33. The number of aryl methyl sites for hydroxylation is 1. The van der Waals surface area contributed by atoms with E-state index in [2.05, 4.69) is 4.74 Å². The fourth-order valence-electron chi connectivity index (χ4n) is 3.42. The van der Waals surface area contributed by atoms with E-state index in [0.29, 0.717) is 19.5 Å². The fourth-order valence-corrected chi connectivity index (χ4v) is 3.42. The van der Waals surface area contributed by atoms with E-state index in [9.17, 15) is 18.4 Å². The Bertz CT molecular complexity index is 977. The third-order valence-electron chi connectivity index (χ3n) is 4.76. The Morgan fingerprint density at radius 2 is 2.04 bits per heavy atom. The predicted octanol–water partition coefficient (Wildman–Crippen LogP) is 2.28. The summed E-state index contributed by atoms with van der Waals surface area (Å²) in [7, 11) is 0. The van der Waals surface area contributed by atoms with Crippen molar-refractivity contribution in [2.45, 2.75) is 19.9 Å². The summed E-state index contributed by atoms with van der Waals surface area (Å²) in [5, 5.41) is 7.83. The van der Waals surface area contributed by atoms with Crippen LogP contribution < -0.4 is 20.8 Å². The number of pyridine rings is 1. The van der Waals surface area contributed by atoms with Crippen LogP contribution in [0.3, 0.4) is 0 Å². The van der Waals surface area contributed by atoms with Crippen LogP contribution in [0.4, 0.5) is 23.7 Å². The van der Waals surface area contributed by atoms with Crippen molar-refractivity contribution in [2.24, 2.45) is 11.7 Å².